The number of rotatable bonds is 10. The van der Waals surface area contributed by atoms with Gasteiger partial charge in [0.05, 0.1) is 33.4 Å². The van der Waals surface area contributed by atoms with E-state index in [-0.39, 0.29) is 12.8 Å². The molecular formula is C14H18NO7S4-. The average Bonchev–Trinajstić information content (AvgIpc) is 2.86. The minimum atomic E-state index is -4.29. The molecule has 1 aromatic carbocycles. The number of hydrogen-bond acceptors (Lipinski definition) is 9. The van der Waals surface area contributed by atoms with Crippen molar-refractivity contribution in [2.75, 3.05) is 24.4 Å². The Morgan fingerprint density at radius 3 is 2.38 bits per heavy atom. The molecule has 12 heteroatoms. The highest BCUT2D eigenvalue weighted by atomic mass is 32.2. The Hall–Kier alpha value is -0.920. The lowest BCUT2D eigenvalue weighted by Crippen LogP contribution is -2.35. The highest BCUT2D eigenvalue weighted by molar-refractivity contribution is 8.01. The first-order valence-electron chi connectivity index (χ1n) is 7.59. The summed E-state index contributed by atoms with van der Waals surface area (Å²) in [7, 11) is -6.98. The van der Waals surface area contributed by atoms with Gasteiger partial charge in [-0.3, -0.25) is 0 Å². The first-order valence-corrected chi connectivity index (χ1v) is 12.5. The zero-order chi connectivity index (χ0) is 19.4. The Morgan fingerprint density at radius 2 is 1.77 bits per heavy atom. The maximum Gasteiger partial charge on any atom is 0.298 e. The highest BCUT2D eigenvalue weighted by Gasteiger charge is 2.21. The van der Waals surface area contributed by atoms with Crippen LogP contribution in [0.3, 0.4) is 0 Å². The fourth-order valence-electron chi connectivity index (χ4n) is 2.28. The molecule has 0 fully saturated rings. The lowest BCUT2D eigenvalue weighted by atomic mass is 10.3. The Labute approximate surface area is 160 Å². The van der Waals surface area contributed by atoms with E-state index < -0.39 is 31.7 Å². The van der Waals surface area contributed by atoms with E-state index >= 15 is 0 Å². The number of aryl methyl sites for hydroxylation is 1. The van der Waals surface area contributed by atoms with Crippen molar-refractivity contribution in [2.24, 2.45) is 0 Å². The Kier molecular flexibility index (Phi) is 7.27. The van der Waals surface area contributed by atoms with Crippen LogP contribution in [0.25, 0.3) is 10.2 Å². The van der Waals surface area contributed by atoms with Crippen molar-refractivity contribution in [2.45, 2.75) is 23.7 Å². The number of fused-ring (bicyclic) bond motifs is 1. The summed E-state index contributed by atoms with van der Waals surface area (Å²) in [4.78, 5) is 0. The van der Waals surface area contributed by atoms with Crippen LogP contribution in [0.2, 0.25) is 0 Å². The molecule has 0 N–H and O–H groups in total. The van der Waals surface area contributed by atoms with Gasteiger partial charge in [0.15, 0.2) is 6.54 Å². The minimum Gasteiger partial charge on any atom is -0.748 e. The van der Waals surface area contributed by atoms with E-state index in [1.807, 2.05) is 22.8 Å². The third kappa shape index (κ3) is 6.67. The molecule has 146 valence electrons. The van der Waals surface area contributed by atoms with E-state index in [4.69, 9.17) is 4.74 Å². The Balaban J connectivity index is 2.21. The van der Waals surface area contributed by atoms with Crippen molar-refractivity contribution in [3.8, 4) is 5.75 Å². The van der Waals surface area contributed by atoms with E-state index in [0.717, 1.165) is 14.6 Å². The molecule has 0 spiro atoms. The second-order valence-electron chi connectivity index (χ2n) is 5.43. The standard InChI is InChI=1S/C14H19NO7S4/c1-22-11-4-5-13-12(10-11)15(6-2-8-25(16,17)18)14(24-13)23-7-3-9-26(19,20)21/h4-5,10H,2-3,6-9H2,1H3,(H-,16,17,18,19,20,21)/p-1. The van der Waals surface area contributed by atoms with Gasteiger partial charge in [0.1, 0.15) is 10.4 Å². The van der Waals surface area contributed by atoms with Gasteiger partial charge >= 0.3 is 0 Å². The lowest BCUT2D eigenvalue weighted by Gasteiger charge is -2.06. The van der Waals surface area contributed by atoms with Crippen molar-refractivity contribution in [1.29, 1.82) is 0 Å². The molecule has 0 amide bonds. The molecule has 8 nitrogen and oxygen atoms in total. The van der Waals surface area contributed by atoms with Gasteiger partial charge in [-0.2, -0.15) is 4.57 Å². The van der Waals surface area contributed by atoms with E-state index in [1.165, 1.54) is 23.1 Å². The first-order chi connectivity index (χ1) is 12.1. The molecule has 1 heterocycles. The van der Waals surface area contributed by atoms with Crippen LogP contribution >= 0.6 is 23.1 Å². The second kappa shape index (κ2) is 8.85. The van der Waals surface area contributed by atoms with Crippen LogP contribution in [0.4, 0.5) is 0 Å². The van der Waals surface area contributed by atoms with Gasteiger partial charge in [0.25, 0.3) is 4.34 Å². The van der Waals surface area contributed by atoms with Crippen LogP contribution in [0.15, 0.2) is 22.5 Å². The smallest absolute Gasteiger partial charge is 0.298 e. The molecule has 0 saturated heterocycles. The monoisotopic (exact) mass is 440 g/mol. The van der Waals surface area contributed by atoms with Crippen molar-refractivity contribution in [3.63, 3.8) is 0 Å². The number of methoxy groups -OCH3 is 1. The summed E-state index contributed by atoms with van der Waals surface area (Å²) in [5, 5.41) is 0. The summed E-state index contributed by atoms with van der Waals surface area (Å²) in [6.45, 7) is 0.330. The number of ether oxygens (including phenoxy) is 1. The molecular weight excluding hydrogens is 422 g/mol. The third-order valence-electron chi connectivity index (χ3n) is 3.41. The van der Waals surface area contributed by atoms with Crippen LogP contribution < -0.4 is 9.30 Å². The molecule has 0 saturated carbocycles. The predicted octanol–water partition coefficient (Wildman–Crippen LogP) is 1.16. The summed E-state index contributed by atoms with van der Waals surface area (Å²) < 4.78 is 73.5. The number of nitrogens with zero attached hydrogens (tertiary/aromatic N) is 1. The average molecular weight is 441 g/mol. The van der Waals surface area contributed by atoms with E-state index in [0.29, 0.717) is 18.0 Å². The first kappa shape index (κ1) is 21.4. The summed E-state index contributed by atoms with van der Waals surface area (Å²) in [5.74, 6) is 0.202. The van der Waals surface area contributed by atoms with Crippen LogP contribution in [-0.2, 0) is 26.8 Å². The third-order valence-corrected chi connectivity index (χ3v) is 7.52. The van der Waals surface area contributed by atoms with Crippen molar-refractivity contribution < 1.29 is 35.2 Å². The number of hydrogen-bond donors (Lipinski definition) is 0. The topological polar surface area (TPSA) is 128 Å². The highest BCUT2D eigenvalue weighted by Crippen LogP contribution is 2.30. The van der Waals surface area contributed by atoms with Gasteiger partial charge in [-0.25, -0.2) is 16.8 Å². The molecule has 1 aromatic heterocycles. The summed E-state index contributed by atoms with van der Waals surface area (Å²) in [5.41, 5.74) is 0.844. The maximum absolute atomic E-state index is 10.8. The largest absolute Gasteiger partial charge is 0.748 e. The summed E-state index contributed by atoms with van der Waals surface area (Å²) in [6.07, 6.45) is 0.394. The van der Waals surface area contributed by atoms with E-state index in [2.05, 4.69) is 0 Å². The quantitative estimate of drug-likeness (QED) is 0.233. The Morgan fingerprint density at radius 1 is 1.12 bits per heavy atom. The van der Waals surface area contributed by atoms with Crippen LogP contribution in [0.1, 0.15) is 12.8 Å². The minimum absolute atomic E-state index is 0.169. The molecule has 2 rings (SSSR count). The molecule has 2 aromatic rings. The number of thioether (sulfide) groups is 1. The summed E-state index contributed by atoms with van der Waals surface area (Å²) in [6, 6.07) is 5.51. The zero-order valence-electron chi connectivity index (χ0n) is 13.9. The normalized spacial score (nSPS) is 12.6. The van der Waals surface area contributed by atoms with Gasteiger partial charge in [0, 0.05) is 23.7 Å². The van der Waals surface area contributed by atoms with Gasteiger partial charge < -0.3 is 13.8 Å². The van der Waals surface area contributed by atoms with Crippen LogP contribution in [0.5, 0.6) is 5.75 Å². The van der Waals surface area contributed by atoms with Gasteiger partial charge in [-0.15, -0.1) is 0 Å². The van der Waals surface area contributed by atoms with Crippen molar-refractivity contribution in [3.05, 3.63) is 18.2 Å². The zero-order valence-corrected chi connectivity index (χ0v) is 17.2. The molecule has 0 atom stereocenters. The molecule has 0 aliphatic heterocycles. The maximum atomic E-state index is 10.8. The fourth-order valence-corrected chi connectivity index (χ4v) is 5.91. The van der Waals surface area contributed by atoms with Crippen LogP contribution in [0, 0.1) is 0 Å². The summed E-state index contributed by atoms with van der Waals surface area (Å²) >= 11 is 2.87. The Bertz CT molecular complexity index is 967. The van der Waals surface area contributed by atoms with Crippen molar-refractivity contribution in [1.82, 2.24) is 0 Å². The molecule has 0 aliphatic carbocycles. The SMILES string of the molecule is COc1ccc2sc(SCCCS(=O)(=O)[O-])[n+](CCCS(=O)(=O)[O-])c2c1. The van der Waals surface area contributed by atoms with Gasteiger partial charge in [0.2, 0.25) is 5.52 Å². The lowest BCUT2D eigenvalue weighted by molar-refractivity contribution is -0.701. The molecule has 0 bridgehead atoms. The molecule has 0 radical (unpaired) electrons. The number of thiazole rings is 1. The van der Waals surface area contributed by atoms with Gasteiger partial charge in [-0.05, 0) is 30.3 Å². The predicted molar refractivity (Wildman–Crippen MR) is 97.7 cm³/mol. The van der Waals surface area contributed by atoms with Gasteiger partial charge in [-0.1, -0.05) is 11.3 Å². The van der Waals surface area contributed by atoms with Crippen molar-refractivity contribution >= 4 is 53.6 Å². The van der Waals surface area contributed by atoms with E-state index in [1.54, 1.807) is 7.11 Å². The number of aromatic nitrogens is 1. The molecule has 0 unspecified atom stereocenters. The number of benzene rings is 1. The molecule has 0 aliphatic rings. The van der Waals surface area contributed by atoms with E-state index in [9.17, 15) is 25.9 Å². The fraction of sp³-hybridized carbons (Fsp3) is 0.500. The molecule has 26 heavy (non-hydrogen) atoms. The van der Waals surface area contributed by atoms with Crippen LogP contribution in [-0.4, -0.2) is 50.3 Å². The second-order valence-corrected chi connectivity index (χ2v) is 10.9.